The van der Waals surface area contributed by atoms with Crippen LogP contribution in [0.3, 0.4) is 0 Å². The summed E-state index contributed by atoms with van der Waals surface area (Å²) in [6, 6.07) is 11.5. The summed E-state index contributed by atoms with van der Waals surface area (Å²) in [5, 5.41) is 2.43. The number of carbonyl (C=O) groups excluding carboxylic acids is 2. The second-order valence-electron chi connectivity index (χ2n) is 5.18. The summed E-state index contributed by atoms with van der Waals surface area (Å²) in [7, 11) is 0. The molecule has 2 aromatic rings. The van der Waals surface area contributed by atoms with Crippen LogP contribution in [0.25, 0.3) is 0 Å². The summed E-state index contributed by atoms with van der Waals surface area (Å²) in [6.45, 7) is 0. The standard InChI is InChI=1S/C18H16F2NO2/c19-15-9-14(10-16(20)11-15)18(23)21-17(12-22)8-4-7-13-5-2-1-3-6-13/h1-3,5-6,9-11,17H,4,7-8H2,(H,21,23)/t17-/m1/s1. The van der Waals surface area contributed by atoms with Gasteiger partial charge in [0.2, 0.25) is 6.29 Å². The third-order valence-corrected chi connectivity index (χ3v) is 3.37. The van der Waals surface area contributed by atoms with E-state index in [2.05, 4.69) is 5.32 Å². The number of hydrogen-bond acceptors (Lipinski definition) is 2. The highest BCUT2D eigenvalue weighted by Crippen LogP contribution is 2.10. The maximum atomic E-state index is 13.1. The normalized spacial score (nSPS) is 11.7. The minimum absolute atomic E-state index is 0.161. The number of halogens is 2. The summed E-state index contributed by atoms with van der Waals surface area (Å²) in [6.07, 6.45) is 3.60. The lowest BCUT2D eigenvalue weighted by Crippen LogP contribution is -2.36. The van der Waals surface area contributed by atoms with Crippen molar-refractivity contribution in [3.05, 3.63) is 71.3 Å². The molecule has 3 nitrogen and oxygen atoms in total. The van der Waals surface area contributed by atoms with Crippen molar-refractivity contribution in [1.29, 1.82) is 0 Å². The molecule has 0 aliphatic carbocycles. The van der Waals surface area contributed by atoms with Crippen LogP contribution in [0.4, 0.5) is 8.78 Å². The van der Waals surface area contributed by atoms with Crippen molar-refractivity contribution in [3.63, 3.8) is 0 Å². The van der Waals surface area contributed by atoms with Gasteiger partial charge in [0, 0.05) is 11.6 Å². The van der Waals surface area contributed by atoms with E-state index in [1.807, 2.05) is 30.3 Å². The molecular weight excluding hydrogens is 300 g/mol. The lowest BCUT2D eigenvalue weighted by atomic mass is 10.0. The van der Waals surface area contributed by atoms with Crippen LogP contribution in [0, 0.1) is 11.6 Å². The second-order valence-corrected chi connectivity index (χ2v) is 5.18. The number of aryl methyl sites for hydroxylation is 1. The van der Waals surface area contributed by atoms with Gasteiger partial charge in [-0.15, -0.1) is 0 Å². The first-order chi connectivity index (χ1) is 11.1. The maximum Gasteiger partial charge on any atom is 0.252 e. The van der Waals surface area contributed by atoms with Crippen LogP contribution in [0.5, 0.6) is 0 Å². The summed E-state index contributed by atoms with van der Waals surface area (Å²) in [5.41, 5.74) is 0.974. The molecule has 2 rings (SSSR count). The van der Waals surface area contributed by atoms with E-state index >= 15 is 0 Å². The molecule has 0 fully saturated rings. The van der Waals surface area contributed by atoms with Crippen LogP contribution in [-0.4, -0.2) is 18.2 Å². The van der Waals surface area contributed by atoms with Crippen LogP contribution >= 0.6 is 0 Å². The number of nitrogens with one attached hydrogen (secondary N) is 1. The lowest BCUT2D eigenvalue weighted by Gasteiger charge is -2.12. The molecule has 119 valence electrons. The molecule has 1 atom stereocenters. The van der Waals surface area contributed by atoms with Gasteiger partial charge in [0.15, 0.2) is 0 Å². The van der Waals surface area contributed by atoms with Crippen molar-refractivity contribution in [1.82, 2.24) is 5.32 Å². The van der Waals surface area contributed by atoms with Gasteiger partial charge in [-0.25, -0.2) is 8.78 Å². The Hall–Kier alpha value is -2.56. The molecule has 0 aliphatic heterocycles. The van der Waals surface area contributed by atoms with Crippen molar-refractivity contribution in [2.75, 3.05) is 0 Å². The molecule has 23 heavy (non-hydrogen) atoms. The summed E-state index contributed by atoms with van der Waals surface area (Å²) < 4.78 is 26.2. The molecular formula is C18H16F2NO2. The molecule has 0 aliphatic rings. The molecule has 0 heterocycles. The van der Waals surface area contributed by atoms with E-state index in [9.17, 15) is 18.4 Å². The summed E-state index contributed by atoms with van der Waals surface area (Å²) >= 11 is 0. The molecule has 0 aromatic heterocycles. The van der Waals surface area contributed by atoms with Gasteiger partial charge in [0.05, 0.1) is 6.04 Å². The highest BCUT2D eigenvalue weighted by atomic mass is 19.1. The van der Waals surface area contributed by atoms with Crippen LogP contribution in [0.1, 0.15) is 28.8 Å². The fourth-order valence-electron chi connectivity index (χ4n) is 2.24. The molecule has 0 saturated carbocycles. The van der Waals surface area contributed by atoms with Crippen LogP contribution in [-0.2, 0) is 11.2 Å². The van der Waals surface area contributed by atoms with E-state index in [1.165, 1.54) is 0 Å². The van der Waals surface area contributed by atoms with Gasteiger partial charge in [-0.2, -0.15) is 0 Å². The van der Waals surface area contributed by atoms with Gasteiger partial charge in [-0.3, -0.25) is 9.59 Å². The average Bonchev–Trinajstić information content (AvgIpc) is 2.54. The molecule has 2 aromatic carbocycles. The zero-order valence-corrected chi connectivity index (χ0v) is 12.4. The fourth-order valence-corrected chi connectivity index (χ4v) is 2.24. The second kappa shape index (κ2) is 8.17. The molecule has 1 radical (unpaired) electrons. The number of rotatable bonds is 7. The van der Waals surface area contributed by atoms with E-state index in [1.54, 1.807) is 6.29 Å². The van der Waals surface area contributed by atoms with Gasteiger partial charge in [0.25, 0.3) is 5.91 Å². The minimum atomic E-state index is -0.842. The number of carbonyl (C=O) groups is 1. The predicted molar refractivity (Wildman–Crippen MR) is 82.7 cm³/mol. The summed E-state index contributed by atoms with van der Waals surface area (Å²) in [4.78, 5) is 22.9. The van der Waals surface area contributed by atoms with Gasteiger partial charge >= 0.3 is 0 Å². The first kappa shape index (κ1) is 16.8. The minimum Gasteiger partial charge on any atom is -0.342 e. The SMILES string of the molecule is O=[C][C@@H](CCCc1ccccc1)NC(=O)c1cc(F)cc(F)c1. The largest absolute Gasteiger partial charge is 0.342 e. The molecule has 5 heteroatoms. The molecule has 0 spiro atoms. The van der Waals surface area contributed by atoms with Crippen LogP contribution in [0.15, 0.2) is 48.5 Å². The first-order valence-electron chi connectivity index (χ1n) is 7.27. The average molecular weight is 316 g/mol. The quantitative estimate of drug-likeness (QED) is 0.852. The van der Waals surface area contributed by atoms with Crippen molar-refractivity contribution < 1.29 is 18.4 Å². The Kier molecular flexibility index (Phi) is 5.97. The number of amides is 1. The topological polar surface area (TPSA) is 46.2 Å². The Morgan fingerprint density at radius 1 is 1.09 bits per heavy atom. The summed E-state index contributed by atoms with van der Waals surface area (Å²) in [5.74, 6) is -2.38. The fraction of sp³-hybridized carbons (Fsp3) is 0.222. The number of benzene rings is 2. The number of hydrogen-bond donors (Lipinski definition) is 1. The lowest BCUT2D eigenvalue weighted by molar-refractivity contribution is 0.0943. The Labute approximate surface area is 133 Å². The molecule has 1 amide bonds. The maximum absolute atomic E-state index is 13.1. The van der Waals surface area contributed by atoms with E-state index in [4.69, 9.17) is 0 Å². The van der Waals surface area contributed by atoms with Gasteiger partial charge in [-0.1, -0.05) is 30.3 Å². The third kappa shape index (κ3) is 5.29. The van der Waals surface area contributed by atoms with Crippen molar-refractivity contribution in [2.24, 2.45) is 0 Å². The smallest absolute Gasteiger partial charge is 0.252 e. The zero-order valence-electron chi connectivity index (χ0n) is 12.4. The van der Waals surface area contributed by atoms with E-state index < -0.39 is 23.6 Å². The molecule has 0 unspecified atom stereocenters. The monoisotopic (exact) mass is 316 g/mol. The first-order valence-corrected chi connectivity index (χ1v) is 7.27. The van der Waals surface area contributed by atoms with Crippen molar-refractivity contribution >= 4 is 12.2 Å². The Morgan fingerprint density at radius 2 is 1.74 bits per heavy atom. The predicted octanol–water partition coefficient (Wildman–Crippen LogP) is 3.20. The molecule has 1 N–H and O–H groups in total. The van der Waals surface area contributed by atoms with Crippen LogP contribution in [0.2, 0.25) is 0 Å². The molecule has 0 bridgehead atoms. The van der Waals surface area contributed by atoms with Gasteiger partial charge in [0.1, 0.15) is 11.6 Å². The zero-order chi connectivity index (χ0) is 16.7. The highest BCUT2D eigenvalue weighted by molar-refractivity contribution is 5.95. The third-order valence-electron chi connectivity index (χ3n) is 3.37. The van der Waals surface area contributed by atoms with Gasteiger partial charge in [-0.05, 0) is 37.0 Å². The highest BCUT2D eigenvalue weighted by Gasteiger charge is 2.15. The van der Waals surface area contributed by atoms with Crippen LogP contribution < -0.4 is 5.32 Å². The Morgan fingerprint density at radius 3 is 2.35 bits per heavy atom. The Bertz CT molecular complexity index is 654. The Balaban J connectivity index is 1.88. The van der Waals surface area contributed by atoms with E-state index in [0.29, 0.717) is 18.9 Å². The molecule has 0 saturated heterocycles. The van der Waals surface area contributed by atoms with Crippen molar-refractivity contribution in [2.45, 2.75) is 25.3 Å². The van der Waals surface area contributed by atoms with E-state index in [0.717, 1.165) is 24.1 Å². The van der Waals surface area contributed by atoms with E-state index in [-0.39, 0.29) is 5.56 Å². The van der Waals surface area contributed by atoms with Crippen molar-refractivity contribution in [3.8, 4) is 0 Å². The van der Waals surface area contributed by atoms with Gasteiger partial charge < -0.3 is 5.32 Å².